The first kappa shape index (κ1) is 13.0. The number of rotatable bonds is 4. The van der Waals surface area contributed by atoms with Gasteiger partial charge in [0.15, 0.2) is 5.15 Å². The van der Waals surface area contributed by atoms with Crippen molar-refractivity contribution < 1.29 is 4.79 Å². The van der Waals surface area contributed by atoms with Crippen molar-refractivity contribution in [1.29, 1.82) is 0 Å². The van der Waals surface area contributed by atoms with Crippen LogP contribution in [0.25, 0.3) is 0 Å². The van der Waals surface area contributed by atoms with E-state index in [4.69, 9.17) is 17.3 Å². The molecule has 2 heterocycles. The second kappa shape index (κ2) is 5.97. The first-order valence-corrected chi connectivity index (χ1v) is 6.28. The fourth-order valence-electron chi connectivity index (χ4n) is 2.06. The summed E-state index contributed by atoms with van der Waals surface area (Å²) in [5.41, 5.74) is 5.17. The summed E-state index contributed by atoms with van der Waals surface area (Å²) in [6.07, 6.45) is 1.91. The maximum absolute atomic E-state index is 10.8. The summed E-state index contributed by atoms with van der Waals surface area (Å²) in [7, 11) is 0. The third kappa shape index (κ3) is 3.82. The number of hydrogen-bond acceptors (Lipinski definition) is 5. The minimum absolute atomic E-state index is 0.273. The largest absolute Gasteiger partial charge is 0.369 e. The van der Waals surface area contributed by atoms with Crippen LogP contribution in [0, 0.1) is 0 Å². The molecule has 7 heteroatoms. The van der Waals surface area contributed by atoms with E-state index in [-0.39, 0.29) is 5.91 Å². The lowest BCUT2D eigenvalue weighted by Gasteiger charge is -2.31. The Morgan fingerprint density at radius 2 is 2.17 bits per heavy atom. The van der Waals surface area contributed by atoms with E-state index in [1.165, 1.54) is 0 Å². The number of nitrogens with one attached hydrogen (secondary N) is 1. The van der Waals surface area contributed by atoms with Gasteiger partial charge >= 0.3 is 0 Å². The number of primary amides is 1. The van der Waals surface area contributed by atoms with Gasteiger partial charge in [0.1, 0.15) is 5.82 Å². The zero-order valence-corrected chi connectivity index (χ0v) is 10.7. The molecule has 1 aromatic heterocycles. The van der Waals surface area contributed by atoms with Crippen molar-refractivity contribution in [3.05, 3.63) is 17.3 Å². The van der Waals surface area contributed by atoms with Gasteiger partial charge in [-0.25, -0.2) is 0 Å². The van der Waals surface area contributed by atoms with E-state index in [0.29, 0.717) is 17.7 Å². The topological polar surface area (TPSA) is 84.1 Å². The molecule has 18 heavy (non-hydrogen) atoms. The van der Waals surface area contributed by atoms with Crippen LogP contribution in [0.3, 0.4) is 0 Å². The van der Waals surface area contributed by atoms with Gasteiger partial charge < -0.3 is 11.1 Å². The van der Waals surface area contributed by atoms with Gasteiger partial charge in [-0.15, -0.1) is 10.2 Å². The molecule has 0 bridgehead atoms. The van der Waals surface area contributed by atoms with Gasteiger partial charge in [0.25, 0.3) is 0 Å². The number of anilines is 1. The molecule has 6 nitrogen and oxygen atoms in total. The first-order chi connectivity index (χ1) is 8.63. The predicted molar refractivity (Wildman–Crippen MR) is 69.3 cm³/mol. The Kier molecular flexibility index (Phi) is 4.33. The summed E-state index contributed by atoms with van der Waals surface area (Å²) in [5, 5.41) is 11.4. The molecule has 0 aliphatic carbocycles. The second-order valence-corrected chi connectivity index (χ2v) is 4.79. The lowest BCUT2D eigenvalue weighted by atomic mass is 10.1. The molecule has 98 valence electrons. The second-order valence-electron chi connectivity index (χ2n) is 4.40. The summed E-state index contributed by atoms with van der Waals surface area (Å²) < 4.78 is 0. The normalized spacial score (nSPS) is 17.6. The van der Waals surface area contributed by atoms with Gasteiger partial charge in [0.05, 0.1) is 6.54 Å². The summed E-state index contributed by atoms with van der Waals surface area (Å²) in [6.45, 7) is 2.07. The lowest BCUT2D eigenvalue weighted by molar-refractivity contribution is -0.119. The summed E-state index contributed by atoms with van der Waals surface area (Å²) >= 11 is 5.67. The Hall–Kier alpha value is -1.40. The molecule has 0 atom stereocenters. The molecule has 1 aromatic rings. The number of hydrogen-bond donors (Lipinski definition) is 2. The Morgan fingerprint density at radius 3 is 2.72 bits per heavy atom. The third-order valence-corrected chi connectivity index (χ3v) is 3.15. The molecule has 1 saturated heterocycles. The molecule has 0 unspecified atom stereocenters. The van der Waals surface area contributed by atoms with E-state index in [2.05, 4.69) is 20.4 Å². The Morgan fingerprint density at radius 1 is 1.44 bits per heavy atom. The van der Waals surface area contributed by atoms with E-state index in [1.807, 2.05) is 6.07 Å². The van der Waals surface area contributed by atoms with Gasteiger partial charge in [-0.1, -0.05) is 11.6 Å². The highest BCUT2D eigenvalue weighted by Gasteiger charge is 2.20. The van der Waals surface area contributed by atoms with Gasteiger partial charge in [0, 0.05) is 19.1 Å². The van der Waals surface area contributed by atoms with Crippen molar-refractivity contribution in [2.24, 2.45) is 5.73 Å². The molecular formula is C11H16ClN5O. The molecule has 1 fully saturated rings. The van der Waals surface area contributed by atoms with E-state index in [9.17, 15) is 4.79 Å². The fourth-order valence-corrected chi connectivity index (χ4v) is 2.16. The fraction of sp³-hybridized carbons (Fsp3) is 0.545. The number of likely N-dealkylation sites (tertiary alicyclic amines) is 1. The third-order valence-electron chi connectivity index (χ3n) is 2.95. The Balaban J connectivity index is 1.79. The van der Waals surface area contributed by atoms with Crippen molar-refractivity contribution in [2.75, 3.05) is 25.0 Å². The van der Waals surface area contributed by atoms with Crippen molar-refractivity contribution in [1.82, 2.24) is 15.1 Å². The van der Waals surface area contributed by atoms with Crippen molar-refractivity contribution in [3.63, 3.8) is 0 Å². The molecule has 1 amide bonds. The molecule has 0 saturated carbocycles. The van der Waals surface area contributed by atoms with Crippen molar-refractivity contribution in [3.8, 4) is 0 Å². The average Bonchev–Trinajstić information content (AvgIpc) is 2.34. The summed E-state index contributed by atoms with van der Waals surface area (Å²) in [5.74, 6) is 0.456. The van der Waals surface area contributed by atoms with Crippen LogP contribution in [0.5, 0.6) is 0 Å². The number of aromatic nitrogens is 2. The number of amides is 1. The summed E-state index contributed by atoms with van der Waals surface area (Å²) in [4.78, 5) is 12.9. The van der Waals surface area contributed by atoms with E-state index in [0.717, 1.165) is 31.7 Å². The van der Waals surface area contributed by atoms with Crippen molar-refractivity contribution in [2.45, 2.75) is 18.9 Å². The van der Waals surface area contributed by atoms with Gasteiger partial charge in [-0.2, -0.15) is 0 Å². The molecule has 2 rings (SSSR count). The number of nitrogens with zero attached hydrogens (tertiary/aromatic N) is 3. The van der Waals surface area contributed by atoms with Crippen LogP contribution in [0.2, 0.25) is 5.15 Å². The SMILES string of the molecule is NC(=O)CN1CCC(Nc2ccc(Cl)nn2)CC1. The maximum Gasteiger partial charge on any atom is 0.231 e. The van der Waals surface area contributed by atoms with Crippen LogP contribution < -0.4 is 11.1 Å². The van der Waals surface area contributed by atoms with Gasteiger partial charge in [-0.05, 0) is 25.0 Å². The monoisotopic (exact) mass is 269 g/mol. The Labute approximate surface area is 111 Å². The number of nitrogens with two attached hydrogens (primary N) is 1. The standard InChI is InChI=1S/C11H16ClN5O/c12-9-1-2-11(16-15-9)14-8-3-5-17(6-4-8)7-10(13)18/h1-2,8H,3-7H2,(H2,13,18)(H,14,16). The van der Waals surface area contributed by atoms with Crippen LogP contribution >= 0.6 is 11.6 Å². The van der Waals surface area contributed by atoms with Crippen LogP contribution in [-0.4, -0.2) is 46.7 Å². The smallest absolute Gasteiger partial charge is 0.231 e. The highest BCUT2D eigenvalue weighted by molar-refractivity contribution is 6.29. The maximum atomic E-state index is 10.8. The highest BCUT2D eigenvalue weighted by Crippen LogP contribution is 2.15. The quantitative estimate of drug-likeness (QED) is 0.831. The minimum Gasteiger partial charge on any atom is -0.369 e. The van der Waals surface area contributed by atoms with Gasteiger partial charge in [-0.3, -0.25) is 9.69 Å². The molecule has 3 N–H and O–H groups in total. The van der Waals surface area contributed by atoms with E-state index in [1.54, 1.807) is 6.07 Å². The minimum atomic E-state index is -0.273. The summed E-state index contributed by atoms with van der Waals surface area (Å²) in [6, 6.07) is 3.87. The van der Waals surface area contributed by atoms with Crippen LogP contribution in [0.1, 0.15) is 12.8 Å². The highest BCUT2D eigenvalue weighted by atomic mass is 35.5. The number of carbonyl (C=O) groups excluding carboxylic acids is 1. The van der Waals surface area contributed by atoms with Crippen molar-refractivity contribution >= 4 is 23.3 Å². The number of carbonyl (C=O) groups is 1. The van der Waals surface area contributed by atoms with Crippen LogP contribution in [-0.2, 0) is 4.79 Å². The van der Waals surface area contributed by atoms with Crippen LogP contribution in [0.15, 0.2) is 12.1 Å². The Bertz CT molecular complexity index is 402. The molecule has 0 radical (unpaired) electrons. The lowest BCUT2D eigenvalue weighted by Crippen LogP contribution is -2.43. The predicted octanol–water partition coefficient (Wildman–Crippen LogP) is 0.492. The van der Waals surface area contributed by atoms with Crippen LogP contribution in [0.4, 0.5) is 5.82 Å². The van der Waals surface area contributed by atoms with E-state index >= 15 is 0 Å². The van der Waals surface area contributed by atoms with Gasteiger partial charge in [0.2, 0.25) is 5.91 Å². The molecule has 1 aliphatic rings. The number of halogens is 1. The molecular weight excluding hydrogens is 254 g/mol. The van der Waals surface area contributed by atoms with E-state index < -0.39 is 0 Å². The average molecular weight is 270 g/mol. The molecule has 1 aliphatic heterocycles. The molecule has 0 aromatic carbocycles. The first-order valence-electron chi connectivity index (χ1n) is 5.90. The number of piperidine rings is 1. The molecule has 0 spiro atoms. The zero-order chi connectivity index (χ0) is 13.0. The zero-order valence-electron chi connectivity index (χ0n) is 9.97.